The fourth-order valence-corrected chi connectivity index (χ4v) is 4.95. The molecular weight excluding hydrogens is 332 g/mol. The number of hydrogen-bond donors (Lipinski definition) is 2. The fraction of sp³-hybridized carbons (Fsp3) is 0.520. The SMILES string of the molecule is CC(CC(O)(Cc1ccccc1)Cc1ccccc1)[C@H]1CC[C@H](C)C[C@H]1O. The maximum absolute atomic E-state index is 11.7. The lowest BCUT2D eigenvalue weighted by atomic mass is 9.70. The van der Waals surface area contributed by atoms with Gasteiger partial charge in [0.15, 0.2) is 0 Å². The summed E-state index contributed by atoms with van der Waals surface area (Å²) in [7, 11) is 0. The Morgan fingerprint density at radius 2 is 1.44 bits per heavy atom. The van der Waals surface area contributed by atoms with Crippen LogP contribution in [0.5, 0.6) is 0 Å². The standard InChI is InChI=1S/C25H34O2/c1-19-13-14-23(24(26)15-19)20(2)16-25(27,17-21-9-5-3-6-10-21)18-22-11-7-4-8-12-22/h3-12,19-20,23-24,26-27H,13-18H2,1-2H3/t19-,20?,23+,24+/m0/s1. The summed E-state index contributed by atoms with van der Waals surface area (Å²) in [5, 5.41) is 22.3. The predicted molar refractivity (Wildman–Crippen MR) is 112 cm³/mol. The molecule has 2 heteroatoms. The van der Waals surface area contributed by atoms with Gasteiger partial charge in [-0.2, -0.15) is 0 Å². The Hall–Kier alpha value is -1.64. The van der Waals surface area contributed by atoms with Gasteiger partial charge in [-0.1, -0.05) is 80.9 Å². The average molecular weight is 367 g/mol. The molecular formula is C25H34O2. The number of rotatable bonds is 7. The minimum atomic E-state index is -0.801. The lowest BCUT2D eigenvalue weighted by Crippen LogP contribution is -2.41. The van der Waals surface area contributed by atoms with E-state index >= 15 is 0 Å². The van der Waals surface area contributed by atoms with Crippen LogP contribution in [-0.4, -0.2) is 21.9 Å². The highest BCUT2D eigenvalue weighted by Crippen LogP contribution is 2.38. The first-order valence-electron chi connectivity index (χ1n) is 10.4. The molecule has 0 amide bonds. The van der Waals surface area contributed by atoms with Crippen molar-refractivity contribution >= 4 is 0 Å². The second-order valence-corrected chi connectivity index (χ2v) is 8.88. The van der Waals surface area contributed by atoms with Gasteiger partial charge in [0, 0.05) is 12.8 Å². The first-order valence-corrected chi connectivity index (χ1v) is 10.4. The van der Waals surface area contributed by atoms with E-state index in [1.807, 2.05) is 36.4 Å². The van der Waals surface area contributed by atoms with Gasteiger partial charge in [-0.05, 0) is 48.1 Å². The van der Waals surface area contributed by atoms with E-state index in [9.17, 15) is 10.2 Å². The molecule has 0 aromatic heterocycles. The highest BCUT2D eigenvalue weighted by atomic mass is 16.3. The van der Waals surface area contributed by atoms with Gasteiger partial charge < -0.3 is 10.2 Å². The topological polar surface area (TPSA) is 40.5 Å². The van der Waals surface area contributed by atoms with Crippen LogP contribution in [-0.2, 0) is 12.8 Å². The molecule has 1 aliphatic rings. The predicted octanol–water partition coefficient (Wildman–Crippen LogP) is 5.03. The van der Waals surface area contributed by atoms with E-state index in [1.165, 1.54) is 17.5 Å². The summed E-state index contributed by atoms with van der Waals surface area (Å²) in [6.07, 6.45) is 4.91. The Kier molecular flexibility index (Phi) is 6.73. The molecule has 146 valence electrons. The molecule has 0 bridgehead atoms. The third-order valence-corrected chi connectivity index (χ3v) is 6.32. The van der Waals surface area contributed by atoms with E-state index in [0.717, 1.165) is 12.8 Å². The molecule has 0 saturated heterocycles. The number of benzene rings is 2. The van der Waals surface area contributed by atoms with E-state index < -0.39 is 5.60 Å². The summed E-state index contributed by atoms with van der Waals surface area (Å²) < 4.78 is 0. The Labute approximate surface area is 164 Å². The molecule has 3 rings (SSSR count). The number of hydrogen-bond acceptors (Lipinski definition) is 2. The lowest BCUT2D eigenvalue weighted by Gasteiger charge is -2.39. The second-order valence-electron chi connectivity index (χ2n) is 8.88. The zero-order valence-electron chi connectivity index (χ0n) is 16.7. The van der Waals surface area contributed by atoms with Gasteiger partial charge in [0.1, 0.15) is 0 Å². The van der Waals surface area contributed by atoms with Crippen molar-refractivity contribution in [2.24, 2.45) is 17.8 Å². The fourth-order valence-electron chi connectivity index (χ4n) is 4.95. The van der Waals surface area contributed by atoms with E-state index in [4.69, 9.17) is 0 Å². The third kappa shape index (κ3) is 5.67. The molecule has 2 aromatic rings. The van der Waals surface area contributed by atoms with Gasteiger partial charge in [0.05, 0.1) is 11.7 Å². The molecule has 4 atom stereocenters. The minimum Gasteiger partial charge on any atom is -0.393 e. The van der Waals surface area contributed by atoms with Crippen LogP contribution in [0.2, 0.25) is 0 Å². The largest absolute Gasteiger partial charge is 0.393 e. The van der Waals surface area contributed by atoms with Crippen LogP contribution in [0.15, 0.2) is 60.7 Å². The van der Waals surface area contributed by atoms with Gasteiger partial charge in [-0.3, -0.25) is 0 Å². The Morgan fingerprint density at radius 3 is 1.93 bits per heavy atom. The molecule has 1 saturated carbocycles. The second kappa shape index (κ2) is 9.03. The minimum absolute atomic E-state index is 0.235. The molecule has 0 heterocycles. The molecule has 1 aliphatic carbocycles. The number of aliphatic hydroxyl groups excluding tert-OH is 1. The van der Waals surface area contributed by atoms with Gasteiger partial charge in [0.25, 0.3) is 0 Å². The maximum atomic E-state index is 11.7. The van der Waals surface area contributed by atoms with Crippen LogP contribution >= 0.6 is 0 Å². The first kappa shape index (κ1) is 20.1. The molecule has 1 fully saturated rings. The van der Waals surface area contributed by atoms with Crippen LogP contribution in [0.3, 0.4) is 0 Å². The lowest BCUT2D eigenvalue weighted by molar-refractivity contribution is -0.0260. The van der Waals surface area contributed by atoms with Crippen molar-refractivity contribution in [1.29, 1.82) is 0 Å². The van der Waals surface area contributed by atoms with Crippen molar-refractivity contribution in [3.8, 4) is 0 Å². The Morgan fingerprint density at radius 1 is 0.926 bits per heavy atom. The normalized spacial score (nSPS) is 24.5. The summed E-state index contributed by atoms with van der Waals surface area (Å²) in [5.74, 6) is 1.19. The van der Waals surface area contributed by atoms with Crippen molar-refractivity contribution in [2.45, 2.75) is 64.1 Å². The third-order valence-electron chi connectivity index (χ3n) is 6.32. The summed E-state index contributed by atoms with van der Waals surface area (Å²) >= 11 is 0. The van der Waals surface area contributed by atoms with Crippen LogP contribution in [0.25, 0.3) is 0 Å². The van der Waals surface area contributed by atoms with E-state index in [-0.39, 0.29) is 6.10 Å². The van der Waals surface area contributed by atoms with Crippen molar-refractivity contribution in [3.05, 3.63) is 71.8 Å². The average Bonchev–Trinajstić information content (AvgIpc) is 2.62. The van der Waals surface area contributed by atoms with E-state index in [0.29, 0.717) is 37.0 Å². The summed E-state index contributed by atoms with van der Waals surface area (Å²) in [6.45, 7) is 4.44. The summed E-state index contributed by atoms with van der Waals surface area (Å²) in [4.78, 5) is 0. The molecule has 27 heavy (non-hydrogen) atoms. The van der Waals surface area contributed by atoms with E-state index in [2.05, 4.69) is 38.1 Å². The molecule has 2 nitrogen and oxygen atoms in total. The van der Waals surface area contributed by atoms with Gasteiger partial charge in [-0.15, -0.1) is 0 Å². The summed E-state index contributed by atoms with van der Waals surface area (Å²) in [5.41, 5.74) is 1.53. The molecule has 1 unspecified atom stereocenters. The van der Waals surface area contributed by atoms with Crippen LogP contribution in [0.4, 0.5) is 0 Å². The van der Waals surface area contributed by atoms with E-state index in [1.54, 1.807) is 0 Å². The Balaban J connectivity index is 1.76. The van der Waals surface area contributed by atoms with Crippen molar-refractivity contribution in [2.75, 3.05) is 0 Å². The molecule has 2 N–H and O–H groups in total. The van der Waals surface area contributed by atoms with Gasteiger partial charge in [-0.25, -0.2) is 0 Å². The monoisotopic (exact) mass is 366 g/mol. The first-order chi connectivity index (χ1) is 13.0. The number of aliphatic hydroxyl groups is 2. The molecule has 2 aromatic carbocycles. The van der Waals surface area contributed by atoms with Crippen LogP contribution < -0.4 is 0 Å². The van der Waals surface area contributed by atoms with Crippen molar-refractivity contribution < 1.29 is 10.2 Å². The van der Waals surface area contributed by atoms with Crippen LogP contribution in [0, 0.1) is 17.8 Å². The summed E-state index contributed by atoms with van der Waals surface area (Å²) in [6, 6.07) is 20.6. The quantitative estimate of drug-likeness (QED) is 0.722. The molecule has 0 spiro atoms. The Bertz CT molecular complexity index is 640. The zero-order valence-corrected chi connectivity index (χ0v) is 16.7. The highest BCUT2D eigenvalue weighted by molar-refractivity contribution is 5.21. The zero-order chi connectivity index (χ0) is 19.3. The van der Waals surface area contributed by atoms with Crippen molar-refractivity contribution in [1.82, 2.24) is 0 Å². The van der Waals surface area contributed by atoms with Crippen molar-refractivity contribution in [3.63, 3.8) is 0 Å². The van der Waals surface area contributed by atoms with Gasteiger partial charge >= 0.3 is 0 Å². The molecule has 0 radical (unpaired) electrons. The maximum Gasteiger partial charge on any atom is 0.0730 e. The smallest absolute Gasteiger partial charge is 0.0730 e. The highest BCUT2D eigenvalue weighted by Gasteiger charge is 2.36. The van der Waals surface area contributed by atoms with Gasteiger partial charge in [0.2, 0.25) is 0 Å². The van der Waals surface area contributed by atoms with Crippen LogP contribution in [0.1, 0.15) is 50.7 Å². The molecule has 0 aliphatic heterocycles.